The largest absolute Gasteiger partial charge is 0.384 e. The van der Waals surface area contributed by atoms with Crippen LogP contribution in [0.5, 0.6) is 0 Å². The van der Waals surface area contributed by atoms with Gasteiger partial charge < -0.3 is 9.84 Å². The normalized spacial score (nSPS) is 33.0. The summed E-state index contributed by atoms with van der Waals surface area (Å²) in [6.45, 7) is 0. The van der Waals surface area contributed by atoms with Crippen LogP contribution in [0.15, 0.2) is 15.9 Å². The van der Waals surface area contributed by atoms with Crippen molar-refractivity contribution >= 4 is 27.3 Å². The zero-order chi connectivity index (χ0) is 9.47. The molecule has 0 unspecified atom stereocenters. The number of methoxy groups -OCH3 is 1. The maximum Gasteiger partial charge on any atom is 0.105 e. The SMILES string of the molecule is COC1CC(O)(c2sccc2Br)C1. The van der Waals surface area contributed by atoms with Crippen molar-refractivity contribution in [2.24, 2.45) is 0 Å². The lowest BCUT2D eigenvalue weighted by atomic mass is 9.76. The van der Waals surface area contributed by atoms with E-state index in [4.69, 9.17) is 4.74 Å². The van der Waals surface area contributed by atoms with Crippen LogP contribution < -0.4 is 0 Å². The van der Waals surface area contributed by atoms with Gasteiger partial charge in [-0.3, -0.25) is 0 Å². The second kappa shape index (κ2) is 3.35. The van der Waals surface area contributed by atoms with Gasteiger partial charge in [-0.1, -0.05) is 0 Å². The molecule has 4 heteroatoms. The molecular formula is C9H11BrO2S. The Morgan fingerprint density at radius 3 is 2.85 bits per heavy atom. The van der Waals surface area contributed by atoms with Crippen LogP contribution in [-0.2, 0) is 10.3 Å². The molecule has 1 saturated carbocycles. The Hall–Kier alpha value is 0.100. The van der Waals surface area contributed by atoms with Gasteiger partial charge >= 0.3 is 0 Å². The van der Waals surface area contributed by atoms with Crippen molar-refractivity contribution in [3.8, 4) is 0 Å². The molecule has 1 aliphatic rings. The van der Waals surface area contributed by atoms with Crippen LogP contribution in [0.25, 0.3) is 0 Å². The van der Waals surface area contributed by atoms with Crippen molar-refractivity contribution in [3.63, 3.8) is 0 Å². The summed E-state index contributed by atoms with van der Waals surface area (Å²) in [4.78, 5) is 1.03. The van der Waals surface area contributed by atoms with Gasteiger partial charge in [0.25, 0.3) is 0 Å². The van der Waals surface area contributed by atoms with E-state index in [9.17, 15) is 5.11 Å². The second-order valence-corrected chi connectivity index (χ2v) is 5.17. The fourth-order valence-electron chi connectivity index (χ4n) is 1.67. The van der Waals surface area contributed by atoms with Gasteiger partial charge in [0, 0.05) is 24.4 Å². The summed E-state index contributed by atoms with van der Waals surface area (Å²) >= 11 is 5.02. The number of hydrogen-bond acceptors (Lipinski definition) is 3. The van der Waals surface area contributed by atoms with Crippen molar-refractivity contribution in [2.45, 2.75) is 24.5 Å². The second-order valence-electron chi connectivity index (χ2n) is 3.40. The minimum atomic E-state index is -0.645. The number of thiophene rings is 1. The summed E-state index contributed by atoms with van der Waals surface area (Å²) in [6, 6.07) is 1.97. The third kappa shape index (κ3) is 1.56. The highest BCUT2D eigenvalue weighted by atomic mass is 79.9. The molecular weight excluding hydrogens is 252 g/mol. The van der Waals surface area contributed by atoms with E-state index < -0.39 is 5.60 Å². The smallest absolute Gasteiger partial charge is 0.105 e. The standard InChI is InChI=1S/C9H11BrO2S/c1-12-6-4-9(11,5-6)8-7(10)2-3-13-8/h2-3,6,11H,4-5H2,1H3. The Morgan fingerprint density at radius 1 is 1.69 bits per heavy atom. The molecule has 1 aromatic heterocycles. The average molecular weight is 263 g/mol. The van der Waals surface area contributed by atoms with Crippen molar-refractivity contribution < 1.29 is 9.84 Å². The molecule has 0 saturated heterocycles. The first-order chi connectivity index (χ1) is 6.15. The van der Waals surface area contributed by atoms with Crippen LogP contribution in [0, 0.1) is 0 Å². The summed E-state index contributed by atoms with van der Waals surface area (Å²) < 4.78 is 6.16. The summed E-state index contributed by atoms with van der Waals surface area (Å²) in [5.74, 6) is 0. The summed E-state index contributed by atoms with van der Waals surface area (Å²) in [7, 11) is 1.69. The highest BCUT2D eigenvalue weighted by Crippen LogP contribution is 2.47. The Morgan fingerprint density at radius 2 is 2.38 bits per heavy atom. The molecule has 0 amide bonds. The molecule has 72 valence electrons. The fraction of sp³-hybridized carbons (Fsp3) is 0.556. The molecule has 0 atom stereocenters. The van der Waals surface area contributed by atoms with Gasteiger partial charge in [-0.2, -0.15) is 0 Å². The molecule has 2 nitrogen and oxygen atoms in total. The third-order valence-electron chi connectivity index (χ3n) is 2.50. The number of rotatable bonds is 2. The van der Waals surface area contributed by atoms with E-state index in [-0.39, 0.29) is 6.10 Å². The number of aliphatic hydroxyl groups is 1. The monoisotopic (exact) mass is 262 g/mol. The zero-order valence-electron chi connectivity index (χ0n) is 7.29. The molecule has 0 aromatic carbocycles. The average Bonchev–Trinajstić information content (AvgIpc) is 2.46. The summed E-state index contributed by atoms with van der Waals surface area (Å²) in [5, 5.41) is 12.1. The Labute approximate surface area is 89.7 Å². The summed E-state index contributed by atoms with van der Waals surface area (Å²) in [5.41, 5.74) is -0.645. The minimum Gasteiger partial charge on any atom is -0.384 e. The number of hydrogen-bond donors (Lipinski definition) is 1. The molecule has 2 rings (SSSR count). The van der Waals surface area contributed by atoms with Crippen molar-refractivity contribution in [2.75, 3.05) is 7.11 Å². The van der Waals surface area contributed by atoms with Crippen LogP contribution in [0.4, 0.5) is 0 Å². The van der Waals surface area contributed by atoms with E-state index in [1.54, 1.807) is 18.4 Å². The zero-order valence-corrected chi connectivity index (χ0v) is 9.69. The number of halogens is 1. The Bertz CT molecular complexity index is 304. The topological polar surface area (TPSA) is 29.5 Å². The first-order valence-electron chi connectivity index (χ1n) is 4.14. The van der Waals surface area contributed by atoms with Gasteiger partial charge in [-0.25, -0.2) is 0 Å². The molecule has 1 N–H and O–H groups in total. The van der Waals surface area contributed by atoms with E-state index in [2.05, 4.69) is 15.9 Å². The van der Waals surface area contributed by atoms with Crippen LogP contribution >= 0.6 is 27.3 Å². The lowest BCUT2D eigenvalue weighted by Crippen LogP contribution is -2.45. The van der Waals surface area contributed by atoms with Crippen molar-refractivity contribution in [1.82, 2.24) is 0 Å². The Balaban J connectivity index is 2.15. The van der Waals surface area contributed by atoms with Crippen LogP contribution in [-0.4, -0.2) is 18.3 Å². The first-order valence-corrected chi connectivity index (χ1v) is 5.81. The summed E-state index contributed by atoms with van der Waals surface area (Å²) in [6.07, 6.45) is 1.64. The number of ether oxygens (including phenoxy) is 1. The molecule has 1 aliphatic carbocycles. The molecule has 1 heterocycles. The molecule has 0 radical (unpaired) electrons. The van der Waals surface area contributed by atoms with Gasteiger partial charge in [-0.05, 0) is 27.4 Å². The molecule has 0 spiro atoms. The van der Waals surface area contributed by atoms with Crippen molar-refractivity contribution in [3.05, 3.63) is 20.8 Å². The van der Waals surface area contributed by atoms with E-state index >= 15 is 0 Å². The van der Waals surface area contributed by atoms with Gasteiger partial charge in [-0.15, -0.1) is 11.3 Å². The maximum absolute atomic E-state index is 10.2. The van der Waals surface area contributed by atoms with Gasteiger partial charge in [0.05, 0.1) is 11.0 Å². The fourth-order valence-corrected chi connectivity index (χ4v) is 3.53. The quantitative estimate of drug-likeness (QED) is 0.888. The highest BCUT2D eigenvalue weighted by Gasteiger charge is 2.46. The van der Waals surface area contributed by atoms with Crippen LogP contribution in [0.2, 0.25) is 0 Å². The van der Waals surface area contributed by atoms with Gasteiger partial charge in [0.15, 0.2) is 0 Å². The lowest BCUT2D eigenvalue weighted by molar-refractivity contribution is -0.131. The molecule has 1 aromatic rings. The first kappa shape index (κ1) is 9.65. The maximum atomic E-state index is 10.2. The molecule has 1 fully saturated rings. The van der Waals surface area contributed by atoms with Crippen molar-refractivity contribution in [1.29, 1.82) is 0 Å². The minimum absolute atomic E-state index is 0.221. The lowest BCUT2D eigenvalue weighted by Gasteiger charge is -2.42. The van der Waals surface area contributed by atoms with E-state index in [0.29, 0.717) is 12.8 Å². The predicted molar refractivity (Wildman–Crippen MR) is 55.9 cm³/mol. The van der Waals surface area contributed by atoms with Gasteiger partial charge in [0.2, 0.25) is 0 Å². The molecule has 0 bridgehead atoms. The molecule has 0 aliphatic heterocycles. The van der Waals surface area contributed by atoms with Gasteiger partial charge in [0.1, 0.15) is 5.60 Å². The molecule has 13 heavy (non-hydrogen) atoms. The van der Waals surface area contributed by atoms with Crippen LogP contribution in [0.1, 0.15) is 17.7 Å². The highest BCUT2D eigenvalue weighted by molar-refractivity contribution is 9.10. The third-order valence-corrected chi connectivity index (χ3v) is 4.53. The van der Waals surface area contributed by atoms with E-state index in [1.807, 2.05) is 11.4 Å². The Kier molecular flexibility index (Phi) is 2.49. The predicted octanol–water partition coefficient (Wildman–Crippen LogP) is 2.51. The van der Waals surface area contributed by atoms with Crippen LogP contribution in [0.3, 0.4) is 0 Å². The van der Waals surface area contributed by atoms with E-state index in [1.165, 1.54) is 0 Å². The van der Waals surface area contributed by atoms with E-state index in [0.717, 1.165) is 9.35 Å².